The first-order valence-corrected chi connectivity index (χ1v) is 13.3. The van der Waals surface area contributed by atoms with Crippen LogP contribution < -0.4 is 5.32 Å². The first-order valence-electron chi connectivity index (χ1n) is 13.3. The Morgan fingerprint density at radius 2 is 1.88 bits per heavy atom. The fourth-order valence-electron chi connectivity index (χ4n) is 6.19. The number of nitrogens with zero attached hydrogens (tertiary/aromatic N) is 4. The second-order valence-corrected chi connectivity index (χ2v) is 11.8. The van der Waals surface area contributed by atoms with Crippen molar-refractivity contribution in [1.29, 1.82) is 0 Å². The van der Waals surface area contributed by atoms with E-state index in [9.17, 15) is 4.79 Å². The molecule has 1 aromatic carbocycles. The van der Waals surface area contributed by atoms with Crippen LogP contribution >= 0.6 is 0 Å². The van der Waals surface area contributed by atoms with Gasteiger partial charge < -0.3 is 14.8 Å². The van der Waals surface area contributed by atoms with Gasteiger partial charge in [-0.05, 0) is 82.4 Å². The van der Waals surface area contributed by atoms with Crippen molar-refractivity contribution >= 4 is 11.6 Å². The molecule has 0 radical (unpaired) electrons. The number of hydrogen-bond donors (Lipinski definition) is 1. The van der Waals surface area contributed by atoms with Gasteiger partial charge in [-0.3, -0.25) is 4.79 Å². The van der Waals surface area contributed by atoms with Crippen LogP contribution in [0.15, 0.2) is 18.2 Å². The molecule has 0 bridgehead atoms. The fourth-order valence-corrected chi connectivity index (χ4v) is 6.19. The van der Waals surface area contributed by atoms with Crippen LogP contribution in [0.4, 0.5) is 5.69 Å². The smallest absolute Gasteiger partial charge is 0.225 e. The van der Waals surface area contributed by atoms with Gasteiger partial charge in [-0.1, -0.05) is 31.5 Å². The summed E-state index contributed by atoms with van der Waals surface area (Å²) in [6.45, 7) is 10.8. The molecule has 5 rings (SSSR count). The monoisotopic (exact) mass is 463 g/mol. The van der Waals surface area contributed by atoms with Crippen LogP contribution in [0.1, 0.15) is 93.0 Å². The van der Waals surface area contributed by atoms with Crippen molar-refractivity contribution in [3.05, 3.63) is 41.0 Å². The number of nitrogens with one attached hydrogen (secondary N) is 1. The molecule has 1 amide bonds. The summed E-state index contributed by atoms with van der Waals surface area (Å²) in [5, 5.41) is 12.8. The molecule has 6 nitrogen and oxygen atoms in total. The predicted molar refractivity (Wildman–Crippen MR) is 136 cm³/mol. The molecular formula is C28H41N5O. The third kappa shape index (κ3) is 4.93. The lowest BCUT2D eigenvalue weighted by Crippen LogP contribution is -2.47. The van der Waals surface area contributed by atoms with E-state index >= 15 is 0 Å². The molecule has 6 heteroatoms. The van der Waals surface area contributed by atoms with E-state index in [0.29, 0.717) is 24.3 Å². The third-order valence-corrected chi connectivity index (χ3v) is 8.12. The quantitative estimate of drug-likeness (QED) is 0.538. The van der Waals surface area contributed by atoms with Gasteiger partial charge in [0.2, 0.25) is 5.91 Å². The molecule has 0 spiro atoms. The summed E-state index contributed by atoms with van der Waals surface area (Å²) < 4.78 is 2.48. The molecule has 1 unspecified atom stereocenters. The van der Waals surface area contributed by atoms with Crippen molar-refractivity contribution in [2.75, 3.05) is 25.5 Å². The largest absolute Gasteiger partial charge is 0.326 e. The van der Waals surface area contributed by atoms with E-state index in [1.54, 1.807) is 0 Å². The Balaban J connectivity index is 1.35. The highest BCUT2D eigenvalue weighted by molar-refractivity contribution is 5.92. The van der Waals surface area contributed by atoms with Crippen LogP contribution in [0.2, 0.25) is 0 Å². The molecule has 34 heavy (non-hydrogen) atoms. The number of amides is 1. The highest BCUT2D eigenvalue weighted by Gasteiger charge is 2.42. The fraction of sp³-hybridized carbons (Fsp3) is 0.679. The van der Waals surface area contributed by atoms with E-state index in [4.69, 9.17) is 10.2 Å². The summed E-state index contributed by atoms with van der Waals surface area (Å²) in [5.74, 6) is 5.06. The topological polar surface area (TPSA) is 63.1 Å². The van der Waals surface area contributed by atoms with Crippen molar-refractivity contribution in [3.8, 4) is 0 Å². The van der Waals surface area contributed by atoms with E-state index in [1.807, 2.05) is 6.07 Å². The van der Waals surface area contributed by atoms with Crippen LogP contribution in [0, 0.1) is 31.6 Å². The zero-order chi connectivity index (χ0) is 24.0. The van der Waals surface area contributed by atoms with Crippen molar-refractivity contribution in [2.45, 2.75) is 84.1 Å². The molecule has 2 saturated carbocycles. The Morgan fingerprint density at radius 1 is 1.15 bits per heavy atom. The molecule has 2 aliphatic carbocycles. The number of carbonyl (C=O) groups is 1. The second kappa shape index (κ2) is 9.44. The zero-order valence-corrected chi connectivity index (χ0v) is 21.6. The van der Waals surface area contributed by atoms with E-state index in [2.05, 4.69) is 61.7 Å². The number of carbonyl (C=O) groups excluding carboxylic acids is 1. The summed E-state index contributed by atoms with van der Waals surface area (Å²) in [6, 6.07) is 6.73. The number of anilines is 1. The van der Waals surface area contributed by atoms with Gasteiger partial charge in [0, 0.05) is 43.1 Å². The lowest BCUT2D eigenvalue weighted by Gasteiger charge is -2.41. The molecular weight excluding hydrogens is 422 g/mol. The Labute approximate surface area is 204 Å². The lowest BCUT2D eigenvalue weighted by molar-refractivity contribution is -0.117. The number of benzene rings is 1. The number of rotatable bonds is 9. The molecule has 3 fully saturated rings. The van der Waals surface area contributed by atoms with Gasteiger partial charge in [0.05, 0.1) is 0 Å². The van der Waals surface area contributed by atoms with Gasteiger partial charge in [0.1, 0.15) is 11.6 Å². The van der Waals surface area contributed by atoms with Crippen molar-refractivity contribution in [1.82, 2.24) is 19.7 Å². The standard InChI is InChI=1S/C28H41N5O/c1-17(2)10-20-12-21(13-20)27-30-31-28(33(27)23-7-8-23)24(22-15-32(5)16-22)14-26(34)29-25-9-6-18(3)11-19(25)4/h6,9,11,17,20-24H,7-8,10,12-16H2,1-5H3,(H,29,34)/t20-,21+,24?. The second-order valence-electron chi connectivity index (χ2n) is 11.8. The Hall–Kier alpha value is -2.21. The minimum atomic E-state index is 0.0824. The van der Waals surface area contributed by atoms with Crippen LogP contribution in [0.3, 0.4) is 0 Å². The van der Waals surface area contributed by atoms with Crippen molar-refractivity contribution in [2.24, 2.45) is 17.8 Å². The number of likely N-dealkylation sites (tertiary alicyclic amines) is 1. The Morgan fingerprint density at radius 3 is 2.50 bits per heavy atom. The van der Waals surface area contributed by atoms with Gasteiger partial charge in [0.15, 0.2) is 0 Å². The summed E-state index contributed by atoms with van der Waals surface area (Å²) in [5.41, 5.74) is 3.23. The van der Waals surface area contributed by atoms with Gasteiger partial charge in [-0.15, -0.1) is 10.2 Å². The van der Waals surface area contributed by atoms with Crippen LogP contribution in [0.5, 0.6) is 0 Å². The summed E-state index contributed by atoms with van der Waals surface area (Å²) in [4.78, 5) is 15.6. The van der Waals surface area contributed by atoms with Crippen LogP contribution in [-0.4, -0.2) is 45.7 Å². The summed E-state index contributed by atoms with van der Waals surface area (Å²) in [7, 11) is 2.16. The highest BCUT2D eigenvalue weighted by Crippen LogP contribution is 2.48. The molecule has 1 saturated heterocycles. The van der Waals surface area contributed by atoms with Crippen LogP contribution in [-0.2, 0) is 4.79 Å². The maximum Gasteiger partial charge on any atom is 0.225 e. The molecule has 3 aliphatic rings. The zero-order valence-electron chi connectivity index (χ0n) is 21.6. The van der Waals surface area contributed by atoms with Crippen molar-refractivity contribution < 1.29 is 4.79 Å². The number of aromatic nitrogens is 3. The van der Waals surface area contributed by atoms with E-state index in [1.165, 1.54) is 43.5 Å². The van der Waals surface area contributed by atoms with Gasteiger partial charge >= 0.3 is 0 Å². The lowest BCUT2D eigenvalue weighted by atomic mass is 9.71. The van der Waals surface area contributed by atoms with E-state index in [-0.39, 0.29) is 11.8 Å². The normalized spacial score (nSPS) is 24.1. The van der Waals surface area contributed by atoms with Crippen LogP contribution in [0.25, 0.3) is 0 Å². The van der Waals surface area contributed by atoms with E-state index < -0.39 is 0 Å². The summed E-state index contributed by atoms with van der Waals surface area (Å²) >= 11 is 0. The summed E-state index contributed by atoms with van der Waals surface area (Å²) in [6.07, 6.45) is 6.70. The Bertz CT molecular complexity index is 1030. The molecule has 1 atom stereocenters. The molecule has 184 valence electrons. The van der Waals surface area contributed by atoms with Gasteiger partial charge in [0.25, 0.3) is 0 Å². The first kappa shape index (κ1) is 23.5. The Kier molecular flexibility index (Phi) is 6.54. The van der Waals surface area contributed by atoms with E-state index in [0.717, 1.165) is 42.0 Å². The maximum absolute atomic E-state index is 13.2. The molecule has 1 N–H and O–H groups in total. The molecule has 2 aromatic rings. The SMILES string of the molecule is Cc1ccc(NC(=O)CC(c2nnc([C@H]3C[C@@H](CC(C)C)C3)n2C2CC2)C2CN(C)C2)c(C)c1. The first-order chi connectivity index (χ1) is 16.3. The average molecular weight is 464 g/mol. The minimum Gasteiger partial charge on any atom is -0.326 e. The minimum absolute atomic E-state index is 0.0824. The molecule has 2 heterocycles. The third-order valence-electron chi connectivity index (χ3n) is 8.12. The van der Waals surface area contributed by atoms with Crippen molar-refractivity contribution in [3.63, 3.8) is 0 Å². The highest BCUT2D eigenvalue weighted by atomic mass is 16.1. The average Bonchev–Trinajstić information content (AvgIpc) is 3.47. The number of hydrogen-bond acceptors (Lipinski definition) is 4. The molecule has 1 aromatic heterocycles. The maximum atomic E-state index is 13.2. The van der Waals surface area contributed by atoms with Gasteiger partial charge in [-0.2, -0.15) is 0 Å². The number of aryl methyl sites for hydroxylation is 2. The predicted octanol–water partition coefficient (Wildman–Crippen LogP) is 5.44. The molecule has 1 aliphatic heterocycles. The van der Waals surface area contributed by atoms with Gasteiger partial charge in [-0.25, -0.2) is 0 Å².